The van der Waals surface area contributed by atoms with Crippen molar-refractivity contribution in [2.24, 2.45) is 0 Å². The lowest BCUT2D eigenvalue weighted by Gasteiger charge is -2.28. The first kappa shape index (κ1) is 15.5. The fraction of sp³-hybridized carbons (Fsp3) is 0.429. The van der Waals surface area contributed by atoms with E-state index in [-0.39, 0.29) is 6.10 Å². The molecule has 126 valence electrons. The highest BCUT2D eigenvalue weighted by Gasteiger charge is 2.20. The summed E-state index contributed by atoms with van der Waals surface area (Å²) in [5.41, 5.74) is 6.55. The first-order valence-corrected chi connectivity index (χ1v) is 9.07. The Hall–Kier alpha value is -2.00. The minimum Gasteiger partial charge on any atom is -0.388 e. The number of hydrogen-bond donors (Lipinski definition) is 1. The Labute approximate surface area is 144 Å². The summed E-state index contributed by atoms with van der Waals surface area (Å²) in [7, 11) is 2.15. The summed E-state index contributed by atoms with van der Waals surface area (Å²) in [5, 5.41) is 10.7. The van der Waals surface area contributed by atoms with Crippen molar-refractivity contribution in [1.82, 2.24) is 0 Å². The fourth-order valence-corrected chi connectivity index (χ4v) is 4.10. The van der Waals surface area contributed by atoms with E-state index in [1.807, 2.05) is 0 Å². The number of anilines is 2. The van der Waals surface area contributed by atoms with Gasteiger partial charge in [0.2, 0.25) is 0 Å². The summed E-state index contributed by atoms with van der Waals surface area (Å²) < 4.78 is 0. The zero-order chi connectivity index (χ0) is 16.5. The van der Waals surface area contributed by atoms with Gasteiger partial charge in [-0.2, -0.15) is 0 Å². The zero-order valence-electron chi connectivity index (χ0n) is 14.4. The largest absolute Gasteiger partial charge is 0.388 e. The van der Waals surface area contributed by atoms with Crippen molar-refractivity contribution in [3.05, 3.63) is 59.2 Å². The number of nitrogens with zero attached hydrogens (tertiary/aromatic N) is 2. The molecule has 2 aliphatic heterocycles. The van der Waals surface area contributed by atoms with Gasteiger partial charge in [-0.25, -0.2) is 0 Å². The third-order valence-electron chi connectivity index (χ3n) is 5.50. The number of para-hydroxylation sites is 1. The molecule has 0 saturated heterocycles. The van der Waals surface area contributed by atoms with Crippen LogP contribution in [0.5, 0.6) is 0 Å². The summed E-state index contributed by atoms with van der Waals surface area (Å²) in [6, 6.07) is 15.1. The average Bonchev–Trinajstić information content (AvgIpc) is 3.03. The van der Waals surface area contributed by atoms with Crippen molar-refractivity contribution in [2.75, 3.05) is 36.5 Å². The molecule has 0 bridgehead atoms. The minimum absolute atomic E-state index is 0.379. The third-order valence-corrected chi connectivity index (χ3v) is 5.50. The number of benzene rings is 2. The molecular weight excluding hydrogens is 296 g/mol. The maximum atomic E-state index is 10.7. The maximum absolute atomic E-state index is 10.7. The lowest BCUT2D eigenvalue weighted by Crippen LogP contribution is -2.25. The minimum atomic E-state index is -0.379. The molecule has 4 rings (SSSR count). The fourth-order valence-electron chi connectivity index (χ4n) is 4.10. The lowest BCUT2D eigenvalue weighted by atomic mass is 9.96. The molecule has 3 heteroatoms. The van der Waals surface area contributed by atoms with E-state index < -0.39 is 0 Å². The summed E-state index contributed by atoms with van der Waals surface area (Å²) >= 11 is 0. The van der Waals surface area contributed by atoms with Gasteiger partial charge in [0.05, 0.1) is 6.10 Å². The van der Waals surface area contributed by atoms with Gasteiger partial charge in [0.1, 0.15) is 0 Å². The predicted octanol–water partition coefficient (Wildman–Crippen LogP) is 3.56. The molecule has 0 amide bonds. The summed E-state index contributed by atoms with van der Waals surface area (Å²) in [5.74, 6) is 0. The first-order valence-electron chi connectivity index (χ1n) is 9.07. The molecule has 24 heavy (non-hydrogen) atoms. The monoisotopic (exact) mass is 322 g/mol. The smallest absolute Gasteiger partial charge is 0.0807 e. The quantitative estimate of drug-likeness (QED) is 0.932. The van der Waals surface area contributed by atoms with Crippen LogP contribution in [0.25, 0.3) is 0 Å². The van der Waals surface area contributed by atoms with Crippen LogP contribution >= 0.6 is 0 Å². The van der Waals surface area contributed by atoms with E-state index in [1.54, 1.807) is 0 Å². The van der Waals surface area contributed by atoms with Gasteiger partial charge < -0.3 is 14.9 Å². The molecule has 2 aliphatic rings. The van der Waals surface area contributed by atoms with Crippen LogP contribution in [0.15, 0.2) is 42.5 Å². The van der Waals surface area contributed by atoms with Gasteiger partial charge in [0.15, 0.2) is 0 Å². The number of aliphatic hydroxyl groups excluding tert-OH is 1. The Morgan fingerprint density at radius 3 is 2.79 bits per heavy atom. The Morgan fingerprint density at radius 1 is 1.00 bits per heavy atom. The van der Waals surface area contributed by atoms with Gasteiger partial charge in [0, 0.05) is 38.1 Å². The van der Waals surface area contributed by atoms with Crippen molar-refractivity contribution < 1.29 is 5.11 Å². The van der Waals surface area contributed by atoms with Gasteiger partial charge in [-0.15, -0.1) is 0 Å². The molecule has 1 atom stereocenters. The molecule has 1 unspecified atom stereocenters. The second-order valence-corrected chi connectivity index (χ2v) is 7.08. The maximum Gasteiger partial charge on any atom is 0.0807 e. The topological polar surface area (TPSA) is 26.7 Å². The Balaban J connectivity index is 1.43. The highest BCUT2D eigenvalue weighted by molar-refractivity contribution is 5.58. The molecule has 0 aliphatic carbocycles. The Morgan fingerprint density at radius 2 is 1.88 bits per heavy atom. The Kier molecular flexibility index (Phi) is 4.19. The molecule has 3 nitrogen and oxygen atoms in total. The molecule has 0 fully saturated rings. The number of hydrogen-bond acceptors (Lipinski definition) is 3. The van der Waals surface area contributed by atoms with Crippen LogP contribution in [0, 0.1) is 0 Å². The summed E-state index contributed by atoms with van der Waals surface area (Å²) in [6.07, 6.45) is 3.85. The number of fused-ring (bicyclic) bond motifs is 2. The third kappa shape index (κ3) is 2.89. The first-order chi connectivity index (χ1) is 11.7. The second kappa shape index (κ2) is 6.48. The predicted molar refractivity (Wildman–Crippen MR) is 100.0 cm³/mol. The Bertz CT molecular complexity index is 728. The van der Waals surface area contributed by atoms with E-state index in [1.165, 1.54) is 28.9 Å². The van der Waals surface area contributed by atoms with Crippen LogP contribution in [0.2, 0.25) is 0 Å². The molecule has 0 radical (unpaired) electrons. The van der Waals surface area contributed by atoms with Crippen LogP contribution in [0.1, 0.15) is 35.6 Å². The summed E-state index contributed by atoms with van der Waals surface area (Å²) in [6.45, 7) is 3.11. The van der Waals surface area contributed by atoms with E-state index in [4.69, 9.17) is 0 Å². The molecule has 2 aromatic carbocycles. The number of aryl methyl sites for hydroxylation is 1. The highest BCUT2D eigenvalue weighted by atomic mass is 16.3. The van der Waals surface area contributed by atoms with Gasteiger partial charge >= 0.3 is 0 Å². The number of rotatable bonds is 4. The SMILES string of the molecule is CN1CCCc2cc(C(O)CCN3CCc4ccccc43)ccc21. The number of aliphatic hydroxyl groups is 1. The van der Waals surface area contributed by atoms with E-state index in [0.717, 1.165) is 44.5 Å². The van der Waals surface area contributed by atoms with Gasteiger partial charge in [-0.05, 0) is 54.5 Å². The van der Waals surface area contributed by atoms with Crippen molar-refractivity contribution in [2.45, 2.75) is 31.8 Å². The van der Waals surface area contributed by atoms with E-state index >= 15 is 0 Å². The molecule has 0 aromatic heterocycles. The molecule has 2 heterocycles. The van der Waals surface area contributed by atoms with Crippen molar-refractivity contribution >= 4 is 11.4 Å². The van der Waals surface area contributed by atoms with E-state index in [0.29, 0.717) is 0 Å². The molecular formula is C21H26N2O. The standard InChI is InChI=1S/C21H26N2O/c1-22-12-4-6-17-15-18(8-9-19(17)22)21(24)11-14-23-13-10-16-5-2-3-7-20(16)23/h2-3,5,7-9,15,21,24H,4,6,10-14H2,1H3. The molecule has 2 aromatic rings. The molecule has 0 spiro atoms. The highest BCUT2D eigenvalue weighted by Crippen LogP contribution is 2.31. The van der Waals surface area contributed by atoms with Gasteiger partial charge in [-0.1, -0.05) is 30.3 Å². The van der Waals surface area contributed by atoms with Gasteiger partial charge in [0.25, 0.3) is 0 Å². The van der Waals surface area contributed by atoms with Crippen molar-refractivity contribution in [3.63, 3.8) is 0 Å². The second-order valence-electron chi connectivity index (χ2n) is 7.08. The lowest BCUT2D eigenvalue weighted by molar-refractivity contribution is 0.169. The zero-order valence-corrected chi connectivity index (χ0v) is 14.4. The van der Waals surface area contributed by atoms with Crippen LogP contribution in [-0.2, 0) is 12.8 Å². The van der Waals surface area contributed by atoms with Gasteiger partial charge in [-0.3, -0.25) is 0 Å². The van der Waals surface area contributed by atoms with E-state index in [2.05, 4.69) is 59.3 Å². The van der Waals surface area contributed by atoms with Crippen LogP contribution < -0.4 is 9.80 Å². The molecule has 1 N–H and O–H groups in total. The summed E-state index contributed by atoms with van der Waals surface area (Å²) in [4.78, 5) is 4.72. The van der Waals surface area contributed by atoms with E-state index in [9.17, 15) is 5.11 Å². The molecule has 0 saturated carbocycles. The van der Waals surface area contributed by atoms with Crippen LogP contribution in [-0.4, -0.2) is 31.8 Å². The van der Waals surface area contributed by atoms with Crippen LogP contribution in [0.4, 0.5) is 11.4 Å². The average molecular weight is 322 g/mol. The normalized spacial score (nSPS) is 17.6. The van der Waals surface area contributed by atoms with Crippen molar-refractivity contribution in [1.29, 1.82) is 0 Å². The van der Waals surface area contributed by atoms with Crippen molar-refractivity contribution in [3.8, 4) is 0 Å². The van der Waals surface area contributed by atoms with Crippen LogP contribution in [0.3, 0.4) is 0 Å².